The zero-order valence-corrected chi connectivity index (χ0v) is 13.3. The summed E-state index contributed by atoms with van der Waals surface area (Å²) in [4.78, 5) is 15.5. The number of hydrogen-bond donors (Lipinski definition) is 2. The van der Waals surface area contributed by atoms with Crippen molar-refractivity contribution in [2.24, 2.45) is 0 Å². The number of aliphatic hydroxyl groups is 1. The van der Waals surface area contributed by atoms with Crippen LogP contribution in [-0.2, 0) is 6.42 Å². The maximum Gasteiger partial charge on any atom is 0.408 e. The average molecular weight is 345 g/mol. The fraction of sp³-hybridized carbons (Fsp3) is 0.562. The highest BCUT2D eigenvalue weighted by Crippen LogP contribution is 2.23. The van der Waals surface area contributed by atoms with E-state index >= 15 is 0 Å². The summed E-state index contributed by atoms with van der Waals surface area (Å²) in [5, 5.41) is 11.0. The number of halogens is 3. The summed E-state index contributed by atoms with van der Waals surface area (Å²) in [5.41, 5.74) is 0.521. The number of nitrogens with one attached hydrogen (secondary N) is 1. The minimum atomic E-state index is -4.51. The van der Waals surface area contributed by atoms with E-state index in [2.05, 4.69) is 5.32 Å². The molecule has 0 spiro atoms. The highest BCUT2D eigenvalue weighted by molar-refractivity contribution is 5.74. The maximum absolute atomic E-state index is 13.2. The van der Waals surface area contributed by atoms with Crippen molar-refractivity contribution in [3.8, 4) is 0 Å². The van der Waals surface area contributed by atoms with Crippen LogP contribution in [0.4, 0.5) is 18.0 Å². The van der Waals surface area contributed by atoms with Crippen LogP contribution in [0.15, 0.2) is 30.3 Å². The standard InChI is InChI=1S/C16H22F3N3O2/c17-16(18,19)14(12-13-4-2-1-3-5-13)20-15(24)22-8-6-21(7-9-22)10-11-23/h1-5,14,23H,6-12H2,(H,20,24)/t14-/m1/s1. The van der Waals surface area contributed by atoms with E-state index in [9.17, 15) is 18.0 Å². The van der Waals surface area contributed by atoms with E-state index in [1.807, 2.05) is 4.90 Å². The molecule has 0 saturated carbocycles. The Morgan fingerprint density at radius 2 is 1.79 bits per heavy atom. The summed E-state index contributed by atoms with van der Waals surface area (Å²) in [6.45, 7) is 2.32. The van der Waals surface area contributed by atoms with E-state index in [4.69, 9.17) is 5.11 Å². The third-order valence-electron chi connectivity index (χ3n) is 4.05. The lowest BCUT2D eigenvalue weighted by molar-refractivity contribution is -0.153. The molecule has 1 atom stereocenters. The Balaban J connectivity index is 1.93. The number of alkyl halides is 3. The molecule has 0 aliphatic carbocycles. The molecule has 0 aromatic heterocycles. The van der Waals surface area contributed by atoms with Gasteiger partial charge in [0.15, 0.2) is 0 Å². The Morgan fingerprint density at radius 1 is 1.17 bits per heavy atom. The Labute approximate surface area is 139 Å². The summed E-state index contributed by atoms with van der Waals surface area (Å²) in [5.74, 6) is 0. The van der Waals surface area contributed by atoms with E-state index in [0.29, 0.717) is 38.3 Å². The van der Waals surface area contributed by atoms with Gasteiger partial charge >= 0.3 is 12.2 Å². The fourth-order valence-electron chi connectivity index (χ4n) is 2.65. The first-order chi connectivity index (χ1) is 11.4. The van der Waals surface area contributed by atoms with Gasteiger partial charge in [0.1, 0.15) is 6.04 Å². The second kappa shape index (κ2) is 8.34. The third-order valence-corrected chi connectivity index (χ3v) is 4.05. The van der Waals surface area contributed by atoms with Gasteiger partial charge in [0.05, 0.1) is 6.61 Å². The summed E-state index contributed by atoms with van der Waals surface area (Å²) in [7, 11) is 0. The van der Waals surface area contributed by atoms with Crippen LogP contribution in [0.3, 0.4) is 0 Å². The van der Waals surface area contributed by atoms with Crippen molar-refractivity contribution in [2.75, 3.05) is 39.3 Å². The summed E-state index contributed by atoms with van der Waals surface area (Å²) in [6, 6.07) is 5.68. The van der Waals surface area contributed by atoms with Gasteiger partial charge < -0.3 is 15.3 Å². The smallest absolute Gasteiger partial charge is 0.395 e. The molecule has 24 heavy (non-hydrogen) atoms. The zero-order valence-electron chi connectivity index (χ0n) is 13.3. The first kappa shape index (κ1) is 18.5. The van der Waals surface area contributed by atoms with Crippen molar-refractivity contribution in [1.82, 2.24) is 15.1 Å². The van der Waals surface area contributed by atoms with E-state index in [1.165, 1.54) is 4.90 Å². The molecule has 0 radical (unpaired) electrons. The predicted octanol–water partition coefficient (Wildman–Crippen LogP) is 1.48. The molecule has 5 nitrogen and oxygen atoms in total. The van der Waals surface area contributed by atoms with Gasteiger partial charge in [-0.2, -0.15) is 13.2 Å². The van der Waals surface area contributed by atoms with Crippen molar-refractivity contribution in [3.63, 3.8) is 0 Å². The Hall–Kier alpha value is -1.80. The van der Waals surface area contributed by atoms with Gasteiger partial charge in [0, 0.05) is 39.1 Å². The quantitative estimate of drug-likeness (QED) is 0.850. The van der Waals surface area contributed by atoms with E-state index in [1.54, 1.807) is 30.3 Å². The third kappa shape index (κ3) is 5.38. The first-order valence-corrected chi connectivity index (χ1v) is 7.89. The lowest BCUT2D eigenvalue weighted by Gasteiger charge is -2.35. The molecule has 1 heterocycles. The number of piperazine rings is 1. The SMILES string of the molecule is O=C(N[C@H](Cc1ccccc1)C(F)(F)F)N1CCN(CCO)CC1. The van der Waals surface area contributed by atoms with Crippen LogP contribution < -0.4 is 5.32 Å². The predicted molar refractivity (Wildman–Crippen MR) is 83.6 cm³/mol. The molecule has 1 aliphatic rings. The molecule has 1 aliphatic heterocycles. The average Bonchev–Trinajstić information content (AvgIpc) is 2.55. The normalized spacial score (nSPS) is 17.6. The number of carbonyl (C=O) groups excluding carboxylic acids is 1. The van der Waals surface area contributed by atoms with Gasteiger partial charge in [-0.05, 0) is 5.56 Å². The van der Waals surface area contributed by atoms with Gasteiger partial charge in [-0.25, -0.2) is 4.79 Å². The highest BCUT2D eigenvalue weighted by atomic mass is 19.4. The van der Waals surface area contributed by atoms with Crippen LogP contribution in [0.25, 0.3) is 0 Å². The van der Waals surface area contributed by atoms with E-state index in [-0.39, 0.29) is 13.0 Å². The fourth-order valence-corrected chi connectivity index (χ4v) is 2.65. The molecule has 2 N–H and O–H groups in total. The number of urea groups is 1. The monoisotopic (exact) mass is 345 g/mol. The van der Waals surface area contributed by atoms with Gasteiger partial charge in [0.25, 0.3) is 0 Å². The number of carbonyl (C=O) groups is 1. The van der Waals surface area contributed by atoms with Crippen LogP contribution in [0.5, 0.6) is 0 Å². The highest BCUT2D eigenvalue weighted by Gasteiger charge is 2.41. The molecule has 8 heteroatoms. The van der Waals surface area contributed by atoms with Crippen LogP contribution in [-0.4, -0.2) is 72.5 Å². The molecule has 1 aromatic rings. The summed E-state index contributed by atoms with van der Waals surface area (Å²) in [6.07, 6.45) is -4.80. The second-order valence-electron chi connectivity index (χ2n) is 5.79. The number of hydrogen-bond acceptors (Lipinski definition) is 3. The van der Waals surface area contributed by atoms with Crippen molar-refractivity contribution >= 4 is 6.03 Å². The number of nitrogens with zero attached hydrogens (tertiary/aromatic N) is 2. The van der Waals surface area contributed by atoms with Crippen LogP contribution in [0.1, 0.15) is 5.56 Å². The van der Waals surface area contributed by atoms with Crippen LogP contribution in [0.2, 0.25) is 0 Å². The summed E-state index contributed by atoms with van der Waals surface area (Å²) < 4.78 is 39.7. The molecule has 2 rings (SSSR count). The van der Waals surface area contributed by atoms with E-state index < -0.39 is 18.2 Å². The Kier molecular flexibility index (Phi) is 6.44. The molecule has 1 fully saturated rings. The number of amides is 2. The zero-order chi connectivity index (χ0) is 17.6. The molecular weight excluding hydrogens is 323 g/mol. The Morgan fingerprint density at radius 3 is 2.33 bits per heavy atom. The first-order valence-electron chi connectivity index (χ1n) is 7.89. The van der Waals surface area contributed by atoms with Gasteiger partial charge in [0.2, 0.25) is 0 Å². The minimum Gasteiger partial charge on any atom is -0.395 e. The number of benzene rings is 1. The number of rotatable bonds is 5. The maximum atomic E-state index is 13.2. The number of aliphatic hydroxyl groups excluding tert-OH is 1. The molecular formula is C16H22F3N3O2. The van der Waals surface area contributed by atoms with Crippen LogP contribution in [0, 0.1) is 0 Å². The largest absolute Gasteiger partial charge is 0.408 e. The second-order valence-corrected chi connectivity index (χ2v) is 5.79. The molecule has 2 amide bonds. The Bertz CT molecular complexity index is 517. The van der Waals surface area contributed by atoms with Crippen molar-refractivity contribution in [1.29, 1.82) is 0 Å². The van der Waals surface area contributed by atoms with Crippen molar-refractivity contribution in [2.45, 2.75) is 18.6 Å². The molecule has 1 aromatic carbocycles. The van der Waals surface area contributed by atoms with Crippen LogP contribution >= 0.6 is 0 Å². The minimum absolute atomic E-state index is 0.0272. The van der Waals surface area contributed by atoms with Crippen molar-refractivity contribution in [3.05, 3.63) is 35.9 Å². The molecule has 0 unspecified atom stereocenters. The van der Waals surface area contributed by atoms with Gasteiger partial charge in [-0.3, -0.25) is 4.90 Å². The lowest BCUT2D eigenvalue weighted by atomic mass is 10.1. The topological polar surface area (TPSA) is 55.8 Å². The lowest BCUT2D eigenvalue weighted by Crippen LogP contribution is -2.56. The molecule has 0 bridgehead atoms. The van der Waals surface area contributed by atoms with Crippen molar-refractivity contribution < 1.29 is 23.1 Å². The summed E-state index contributed by atoms with van der Waals surface area (Å²) >= 11 is 0. The van der Waals surface area contributed by atoms with Gasteiger partial charge in [-0.1, -0.05) is 30.3 Å². The molecule has 1 saturated heterocycles. The van der Waals surface area contributed by atoms with Gasteiger partial charge in [-0.15, -0.1) is 0 Å². The van der Waals surface area contributed by atoms with E-state index in [0.717, 1.165) is 0 Å². The number of β-amino-alcohol motifs (C(OH)–C–C–N with tert-alkyl or cyclic N) is 1. The molecule has 134 valence electrons.